The van der Waals surface area contributed by atoms with Crippen LogP contribution in [-0.2, 0) is 11.3 Å². The number of ether oxygens (including phenoxy) is 1. The molecule has 1 aromatic rings. The second kappa shape index (κ2) is 7.04. The molecule has 1 aliphatic heterocycles. The average Bonchev–Trinajstić information content (AvgIpc) is 2.42. The fourth-order valence-electron chi connectivity index (χ4n) is 2.60. The maximum atomic E-state index is 5.97. The maximum absolute atomic E-state index is 5.97. The molecule has 0 aromatic heterocycles. The van der Waals surface area contributed by atoms with E-state index < -0.39 is 0 Å². The molecule has 0 radical (unpaired) electrons. The molecule has 3 nitrogen and oxygen atoms in total. The van der Waals surface area contributed by atoms with Gasteiger partial charge in [0.2, 0.25) is 0 Å². The molecule has 0 aliphatic carbocycles. The normalized spacial score (nSPS) is 24.6. The van der Waals surface area contributed by atoms with Crippen molar-refractivity contribution in [2.24, 2.45) is 5.73 Å². The summed E-state index contributed by atoms with van der Waals surface area (Å²) in [6.45, 7) is 2.59. The molecule has 1 heterocycles. The Morgan fingerprint density at radius 2 is 2.32 bits per heavy atom. The first kappa shape index (κ1) is 15.3. The van der Waals surface area contributed by atoms with Crippen molar-refractivity contribution in [3.05, 3.63) is 33.3 Å². The zero-order chi connectivity index (χ0) is 13.8. The number of hydrogen-bond acceptors (Lipinski definition) is 3. The highest BCUT2D eigenvalue weighted by Gasteiger charge is 2.27. The van der Waals surface area contributed by atoms with Crippen molar-refractivity contribution in [2.45, 2.75) is 31.5 Å². The Bertz CT molecular complexity index is 430. The Labute approximate surface area is 128 Å². The first-order valence-electron chi connectivity index (χ1n) is 6.55. The second-order valence-electron chi connectivity index (χ2n) is 4.98. The van der Waals surface area contributed by atoms with Crippen LogP contribution in [0.2, 0.25) is 5.02 Å². The number of hydrogen-bond donors (Lipinski definition) is 1. The summed E-state index contributed by atoms with van der Waals surface area (Å²) >= 11 is 9.55. The monoisotopic (exact) mass is 346 g/mol. The molecule has 5 heteroatoms. The number of rotatable bonds is 4. The van der Waals surface area contributed by atoms with Crippen molar-refractivity contribution in [3.8, 4) is 0 Å². The van der Waals surface area contributed by atoms with Gasteiger partial charge in [-0.25, -0.2) is 0 Å². The largest absolute Gasteiger partial charge is 0.381 e. The van der Waals surface area contributed by atoms with Crippen molar-refractivity contribution in [1.82, 2.24) is 4.90 Å². The molecule has 1 saturated heterocycles. The summed E-state index contributed by atoms with van der Waals surface area (Å²) in [4.78, 5) is 2.43. The van der Waals surface area contributed by atoms with Gasteiger partial charge < -0.3 is 10.5 Å². The molecule has 0 amide bonds. The summed E-state index contributed by atoms with van der Waals surface area (Å²) in [5.74, 6) is 0. The summed E-state index contributed by atoms with van der Waals surface area (Å²) in [5, 5.41) is 0.754. The highest BCUT2D eigenvalue weighted by atomic mass is 79.9. The van der Waals surface area contributed by atoms with E-state index in [4.69, 9.17) is 22.1 Å². The Kier molecular flexibility index (Phi) is 5.66. The minimum atomic E-state index is 0.346. The summed E-state index contributed by atoms with van der Waals surface area (Å²) in [5.41, 5.74) is 7.15. The van der Waals surface area contributed by atoms with Crippen LogP contribution in [0.5, 0.6) is 0 Å². The zero-order valence-electron chi connectivity index (χ0n) is 11.1. The van der Waals surface area contributed by atoms with Gasteiger partial charge in [-0.05, 0) is 30.5 Å². The van der Waals surface area contributed by atoms with Gasteiger partial charge in [0.15, 0.2) is 0 Å². The molecule has 0 spiro atoms. The first-order chi connectivity index (χ1) is 9.13. The van der Waals surface area contributed by atoms with Gasteiger partial charge in [0.05, 0.1) is 6.10 Å². The van der Waals surface area contributed by atoms with Gasteiger partial charge in [-0.15, -0.1) is 0 Å². The van der Waals surface area contributed by atoms with E-state index in [0.29, 0.717) is 18.7 Å². The lowest BCUT2D eigenvalue weighted by molar-refractivity contribution is 0.0101. The molecule has 2 unspecified atom stereocenters. The van der Waals surface area contributed by atoms with Gasteiger partial charge in [0.25, 0.3) is 0 Å². The van der Waals surface area contributed by atoms with Crippen LogP contribution in [-0.4, -0.2) is 37.2 Å². The molecule has 2 rings (SSSR count). The highest BCUT2D eigenvalue weighted by Crippen LogP contribution is 2.26. The molecule has 2 atom stereocenters. The van der Waals surface area contributed by atoms with Crippen LogP contribution in [0.3, 0.4) is 0 Å². The average molecular weight is 348 g/mol. The SMILES string of the molecule is COC1CCN(Cc2ccc(Cl)cc2Br)C(CN)C1. The third kappa shape index (κ3) is 3.92. The van der Waals surface area contributed by atoms with E-state index in [1.165, 1.54) is 5.56 Å². The predicted octanol–water partition coefficient (Wildman–Crippen LogP) is 3.04. The lowest BCUT2D eigenvalue weighted by atomic mass is 9.98. The Morgan fingerprint density at radius 3 is 2.95 bits per heavy atom. The van der Waals surface area contributed by atoms with Gasteiger partial charge >= 0.3 is 0 Å². The van der Waals surface area contributed by atoms with E-state index in [1.54, 1.807) is 7.11 Å². The molecule has 2 N–H and O–H groups in total. The van der Waals surface area contributed by atoms with Gasteiger partial charge in [-0.2, -0.15) is 0 Å². The van der Waals surface area contributed by atoms with Gasteiger partial charge in [-0.1, -0.05) is 33.6 Å². The smallest absolute Gasteiger partial charge is 0.0599 e. The van der Waals surface area contributed by atoms with E-state index in [9.17, 15) is 0 Å². The van der Waals surface area contributed by atoms with Crippen molar-refractivity contribution in [3.63, 3.8) is 0 Å². The second-order valence-corrected chi connectivity index (χ2v) is 6.27. The molecule has 0 saturated carbocycles. The van der Waals surface area contributed by atoms with Crippen LogP contribution < -0.4 is 5.73 Å². The molecule has 19 heavy (non-hydrogen) atoms. The number of benzene rings is 1. The molecular formula is C14H20BrClN2O. The van der Waals surface area contributed by atoms with Crippen LogP contribution in [0.25, 0.3) is 0 Å². The van der Waals surface area contributed by atoms with Crippen LogP contribution in [0.1, 0.15) is 18.4 Å². The van der Waals surface area contributed by atoms with Crippen LogP contribution in [0, 0.1) is 0 Å². The third-order valence-electron chi connectivity index (χ3n) is 3.78. The summed E-state index contributed by atoms with van der Waals surface area (Å²) in [6.07, 6.45) is 2.43. The molecule has 1 fully saturated rings. The van der Waals surface area contributed by atoms with Crippen LogP contribution >= 0.6 is 27.5 Å². The van der Waals surface area contributed by atoms with E-state index in [0.717, 1.165) is 35.4 Å². The Balaban J connectivity index is 2.05. The minimum absolute atomic E-state index is 0.346. The van der Waals surface area contributed by atoms with Crippen LogP contribution in [0.4, 0.5) is 0 Å². The van der Waals surface area contributed by atoms with Crippen molar-refractivity contribution >= 4 is 27.5 Å². The van der Waals surface area contributed by atoms with Crippen molar-refractivity contribution in [1.29, 1.82) is 0 Å². The van der Waals surface area contributed by atoms with Crippen molar-refractivity contribution < 1.29 is 4.74 Å². The van der Waals surface area contributed by atoms with Gasteiger partial charge in [0, 0.05) is 42.3 Å². The number of methoxy groups -OCH3 is 1. The minimum Gasteiger partial charge on any atom is -0.381 e. The van der Waals surface area contributed by atoms with Crippen LogP contribution in [0.15, 0.2) is 22.7 Å². The first-order valence-corrected chi connectivity index (χ1v) is 7.72. The number of piperidine rings is 1. The molecule has 1 aromatic carbocycles. The lowest BCUT2D eigenvalue weighted by Crippen LogP contribution is -2.48. The quantitative estimate of drug-likeness (QED) is 0.910. The van der Waals surface area contributed by atoms with E-state index in [2.05, 4.69) is 26.9 Å². The molecule has 0 bridgehead atoms. The zero-order valence-corrected chi connectivity index (χ0v) is 13.5. The number of likely N-dealkylation sites (tertiary alicyclic amines) is 1. The van der Waals surface area contributed by atoms with E-state index in [1.807, 2.05) is 12.1 Å². The highest BCUT2D eigenvalue weighted by molar-refractivity contribution is 9.10. The van der Waals surface area contributed by atoms with Gasteiger partial charge in [-0.3, -0.25) is 4.90 Å². The van der Waals surface area contributed by atoms with Crippen molar-refractivity contribution in [2.75, 3.05) is 20.2 Å². The predicted molar refractivity (Wildman–Crippen MR) is 82.4 cm³/mol. The standard InChI is InChI=1S/C14H20BrClN2O/c1-19-13-4-5-18(12(7-13)8-17)9-10-2-3-11(16)6-14(10)15/h2-3,6,12-13H,4-5,7-9,17H2,1H3. The van der Waals surface area contributed by atoms with E-state index >= 15 is 0 Å². The molecular weight excluding hydrogens is 328 g/mol. The van der Waals surface area contributed by atoms with E-state index in [-0.39, 0.29) is 0 Å². The molecule has 1 aliphatic rings. The summed E-state index contributed by atoms with van der Waals surface area (Å²) in [7, 11) is 1.78. The Hall–Kier alpha value is -0.130. The van der Waals surface area contributed by atoms with Gasteiger partial charge in [0.1, 0.15) is 0 Å². The number of nitrogens with two attached hydrogens (primary N) is 1. The number of halogens is 2. The lowest BCUT2D eigenvalue weighted by Gasteiger charge is -2.38. The maximum Gasteiger partial charge on any atom is 0.0599 e. The fraction of sp³-hybridized carbons (Fsp3) is 0.571. The summed E-state index contributed by atoms with van der Waals surface area (Å²) < 4.78 is 6.51. The topological polar surface area (TPSA) is 38.5 Å². The third-order valence-corrected chi connectivity index (χ3v) is 4.76. The Morgan fingerprint density at radius 1 is 1.53 bits per heavy atom. The fourth-order valence-corrected chi connectivity index (χ4v) is 3.41. The molecule has 106 valence electrons. The summed E-state index contributed by atoms with van der Waals surface area (Å²) in [6, 6.07) is 6.33. The number of nitrogens with zero attached hydrogens (tertiary/aromatic N) is 1.